The molecule has 0 amide bonds. The van der Waals surface area contributed by atoms with Gasteiger partial charge in [0, 0.05) is 0 Å². The van der Waals surface area contributed by atoms with E-state index in [0.29, 0.717) is 0 Å². The van der Waals surface area contributed by atoms with E-state index in [2.05, 4.69) is 19.1 Å². The molecule has 0 aliphatic carbocycles. The van der Waals surface area contributed by atoms with Gasteiger partial charge in [-0.05, 0) is 46.1 Å². The maximum atomic E-state index is 12.3. The van der Waals surface area contributed by atoms with E-state index in [-0.39, 0.29) is 11.9 Å². The molecule has 0 aromatic heterocycles. The van der Waals surface area contributed by atoms with Crippen molar-refractivity contribution in [1.29, 1.82) is 0 Å². The SMILES string of the molecule is C[C@@H](c1ccccc1)C(C)(C)C(=O)OC(C)(C)C. The summed E-state index contributed by atoms with van der Waals surface area (Å²) < 4.78 is 5.51. The maximum absolute atomic E-state index is 12.3. The summed E-state index contributed by atoms with van der Waals surface area (Å²) in [5, 5.41) is 0. The molecule has 0 heterocycles. The number of esters is 1. The van der Waals surface area contributed by atoms with Crippen LogP contribution in [-0.4, -0.2) is 11.6 Å². The van der Waals surface area contributed by atoms with Crippen molar-refractivity contribution in [1.82, 2.24) is 0 Å². The lowest BCUT2D eigenvalue weighted by Crippen LogP contribution is -2.37. The smallest absolute Gasteiger partial charge is 0.312 e. The van der Waals surface area contributed by atoms with Gasteiger partial charge in [0.25, 0.3) is 0 Å². The highest BCUT2D eigenvalue weighted by atomic mass is 16.6. The molecule has 1 aromatic rings. The second-order valence-electron chi connectivity index (χ2n) is 6.36. The quantitative estimate of drug-likeness (QED) is 0.751. The Balaban J connectivity index is 2.89. The Morgan fingerprint density at radius 1 is 1.06 bits per heavy atom. The second-order valence-corrected chi connectivity index (χ2v) is 6.36. The molecule has 0 radical (unpaired) electrons. The highest BCUT2D eigenvalue weighted by Crippen LogP contribution is 2.37. The average Bonchev–Trinajstić information content (AvgIpc) is 2.27. The van der Waals surface area contributed by atoms with Gasteiger partial charge in [0.05, 0.1) is 5.41 Å². The number of carbonyl (C=O) groups is 1. The molecule has 0 saturated carbocycles. The minimum atomic E-state index is -0.533. The molecule has 18 heavy (non-hydrogen) atoms. The molecule has 0 bridgehead atoms. The third-order valence-corrected chi connectivity index (χ3v) is 3.31. The van der Waals surface area contributed by atoms with Gasteiger partial charge < -0.3 is 4.74 Å². The van der Waals surface area contributed by atoms with Crippen LogP contribution in [0.5, 0.6) is 0 Å². The molecule has 1 atom stereocenters. The first-order valence-electron chi connectivity index (χ1n) is 6.43. The molecule has 0 spiro atoms. The normalized spacial score (nSPS) is 14.1. The topological polar surface area (TPSA) is 26.3 Å². The van der Waals surface area contributed by atoms with Gasteiger partial charge in [-0.1, -0.05) is 37.3 Å². The van der Waals surface area contributed by atoms with Crippen LogP contribution in [0.2, 0.25) is 0 Å². The summed E-state index contributed by atoms with van der Waals surface area (Å²) in [4.78, 5) is 12.3. The molecule has 0 fully saturated rings. The van der Waals surface area contributed by atoms with Crippen molar-refractivity contribution in [3.8, 4) is 0 Å². The summed E-state index contributed by atoms with van der Waals surface area (Å²) in [7, 11) is 0. The van der Waals surface area contributed by atoms with Gasteiger partial charge in [-0.2, -0.15) is 0 Å². The van der Waals surface area contributed by atoms with Crippen molar-refractivity contribution in [3.63, 3.8) is 0 Å². The third-order valence-electron chi connectivity index (χ3n) is 3.31. The summed E-state index contributed by atoms with van der Waals surface area (Å²) in [5.74, 6) is -0.0279. The molecular formula is C16H24O2. The van der Waals surface area contributed by atoms with E-state index >= 15 is 0 Å². The lowest BCUT2D eigenvalue weighted by molar-refractivity contribution is -0.166. The largest absolute Gasteiger partial charge is 0.460 e. The van der Waals surface area contributed by atoms with Crippen molar-refractivity contribution in [2.45, 2.75) is 53.1 Å². The molecule has 100 valence electrons. The van der Waals surface area contributed by atoms with E-state index in [4.69, 9.17) is 4.74 Å². The van der Waals surface area contributed by atoms with Crippen LogP contribution in [0.1, 0.15) is 53.0 Å². The van der Waals surface area contributed by atoms with Crippen LogP contribution in [-0.2, 0) is 9.53 Å². The Kier molecular flexibility index (Phi) is 4.20. The summed E-state index contributed by atoms with van der Waals surface area (Å²) in [5.41, 5.74) is 0.188. The summed E-state index contributed by atoms with van der Waals surface area (Å²) in [6, 6.07) is 10.1. The summed E-state index contributed by atoms with van der Waals surface area (Å²) >= 11 is 0. The number of hydrogen-bond donors (Lipinski definition) is 0. The van der Waals surface area contributed by atoms with E-state index in [1.807, 2.05) is 52.8 Å². The molecule has 2 nitrogen and oxygen atoms in total. The number of hydrogen-bond acceptors (Lipinski definition) is 2. The Morgan fingerprint density at radius 2 is 1.56 bits per heavy atom. The van der Waals surface area contributed by atoms with Crippen LogP contribution in [0.4, 0.5) is 0 Å². The van der Waals surface area contributed by atoms with Crippen LogP contribution in [0.3, 0.4) is 0 Å². The Labute approximate surface area is 110 Å². The lowest BCUT2D eigenvalue weighted by atomic mass is 9.76. The van der Waals surface area contributed by atoms with Crippen molar-refractivity contribution in [2.75, 3.05) is 0 Å². The number of carbonyl (C=O) groups excluding carboxylic acids is 1. The Bertz CT molecular complexity index is 399. The second kappa shape index (κ2) is 5.13. The monoisotopic (exact) mass is 248 g/mol. The molecule has 1 rings (SSSR count). The zero-order valence-electron chi connectivity index (χ0n) is 12.3. The van der Waals surface area contributed by atoms with Crippen molar-refractivity contribution < 1.29 is 9.53 Å². The molecular weight excluding hydrogens is 224 g/mol. The molecule has 1 aromatic carbocycles. The van der Waals surface area contributed by atoms with Crippen LogP contribution >= 0.6 is 0 Å². The van der Waals surface area contributed by atoms with Crippen molar-refractivity contribution >= 4 is 5.97 Å². The highest BCUT2D eigenvalue weighted by molar-refractivity contribution is 5.77. The fraction of sp³-hybridized carbons (Fsp3) is 0.562. The first kappa shape index (κ1) is 14.7. The number of rotatable bonds is 3. The van der Waals surface area contributed by atoms with Crippen LogP contribution in [0, 0.1) is 5.41 Å². The van der Waals surface area contributed by atoms with Gasteiger partial charge in [-0.3, -0.25) is 4.79 Å². The minimum Gasteiger partial charge on any atom is -0.460 e. The van der Waals surface area contributed by atoms with Gasteiger partial charge in [-0.25, -0.2) is 0 Å². The summed E-state index contributed by atoms with van der Waals surface area (Å²) in [6.45, 7) is 11.6. The third kappa shape index (κ3) is 3.59. The van der Waals surface area contributed by atoms with Gasteiger partial charge in [0.15, 0.2) is 0 Å². The predicted octanol–water partition coefficient (Wildman–Crippen LogP) is 4.16. The first-order valence-corrected chi connectivity index (χ1v) is 6.43. The van der Waals surface area contributed by atoms with Crippen molar-refractivity contribution in [2.24, 2.45) is 5.41 Å². The molecule has 0 unspecified atom stereocenters. The van der Waals surface area contributed by atoms with E-state index in [9.17, 15) is 4.79 Å². The number of ether oxygens (including phenoxy) is 1. The fourth-order valence-electron chi connectivity index (χ4n) is 1.74. The molecule has 2 heteroatoms. The van der Waals surface area contributed by atoms with Crippen LogP contribution < -0.4 is 0 Å². The summed E-state index contributed by atoms with van der Waals surface area (Å²) in [6.07, 6.45) is 0. The fourth-order valence-corrected chi connectivity index (χ4v) is 1.74. The van der Waals surface area contributed by atoms with Gasteiger partial charge in [-0.15, -0.1) is 0 Å². The average molecular weight is 248 g/mol. The van der Waals surface area contributed by atoms with E-state index in [1.165, 1.54) is 0 Å². The van der Waals surface area contributed by atoms with E-state index in [0.717, 1.165) is 5.56 Å². The highest BCUT2D eigenvalue weighted by Gasteiger charge is 2.38. The molecule has 0 aliphatic heterocycles. The van der Waals surface area contributed by atoms with Gasteiger partial charge in [0.1, 0.15) is 5.60 Å². The van der Waals surface area contributed by atoms with E-state index in [1.54, 1.807) is 0 Å². The zero-order chi connectivity index (χ0) is 14.0. The standard InChI is InChI=1S/C16H24O2/c1-12(13-10-8-7-9-11-13)16(5,6)14(17)18-15(2,3)4/h7-12H,1-6H3/t12-/m0/s1. The van der Waals surface area contributed by atoms with Gasteiger partial charge in [0.2, 0.25) is 0 Å². The lowest BCUT2D eigenvalue weighted by Gasteiger charge is -2.33. The van der Waals surface area contributed by atoms with Crippen molar-refractivity contribution in [3.05, 3.63) is 35.9 Å². The van der Waals surface area contributed by atoms with E-state index < -0.39 is 11.0 Å². The Hall–Kier alpha value is -1.31. The van der Waals surface area contributed by atoms with Crippen LogP contribution in [0.25, 0.3) is 0 Å². The number of benzene rings is 1. The van der Waals surface area contributed by atoms with Crippen LogP contribution in [0.15, 0.2) is 30.3 Å². The predicted molar refractivity (Wildman–Crippen MR) is 74.5 cm³/mol. The maximum Gasteiger partial charge on any atom is 0.312 e. The molecule has 0 aliphatic rings. The Morgan fingerprint density at radius 3 is 2.00 bits per heavy atom. The minimum absolute atomic E-state index is 0.119. The van der Waals surface area contributed by atoms with Gasteiger partial charge >= 0.3 is 5.97 Å². The molecule has 0 N–H and O–H groups in total. The molecule has 0 saturated heterocycles. The first-order chi connectivity index (χ1) is 8.14. The zero-order valence-corrected chi connectivity index (χ0v) is 12.3.